The summed E-state index contributed by atoms with van der Waals surface area (Å²) >= 11 is 1.93. The Labute approximate surface area is 174 Å². The second-order valence-electron chi connectivity index (χ2n) is 8.41. The molecule has 1 unspecified atom stereocenters. The summed E-state index contributed by atoms with van der Waals surface area (Å²) in [5.74, 6) is 1.11. The number of nitrogens with one attached hydrogen (secondary N) is 2. The predicted molar refractivity (Wildman–Crippen MR) is 117 cm³/mol. The Kier molecular flexibility index (Phi) is 4.16. The van der Waals surface area contributed by atoms with Gasteiger partial charge < -0.3 is 14.8 Å². The molecule has 7 nitrogen and oxygen atoms in total. The van der Waals surface area contributed by atoms with Crippen molar-refractivity contribution in [2.24, 2.45) is 0 Å². The van der Waals surface area contributed by atoms with Gasteiger partial charge in [0.05, 0.1) is 11.7 Å². The van der Waals surface area contributed by atoms with E-state index in [1.165, 1.54) is 35.2 Å². The summed E-state index contributed by atoms with van der Waals surface area (Å²) in [5.41, 5.74) is 4.64. The van der Waals surface area contributed by atoms with Crippen LogP contribution < -0.4 is 14.5 Å². The highest BCUT2D eigenvalue weighted by molar-refractivity contribution is 7.98. The van der Waals surface area contributed by atoms with Gasteiger partial charge in [0, 0.05) is 66.4 Å². The lowest BCUT2D eigenvalue weighted by Gasteiger charge is -2.43. The van der Waals surface area contributed by atoms with E-state index in [1.54, 1.807) is 6.33 Å². The maximum atomic E-state index is 4.70. The first kappa shape index (κ1) is 17.5. The van der Waals surface area contributed by atoms with Crippen molar-refractivity contribution in [2.75, 3.05) is 22.9 Å². The molecule has 1 aliphatic carbocycles. The van der Waals surface area contributed by atoms with Crippen molar-refractivity contribution in [3.63, 3.8) is 0 Å². The SMILES string of the molecule is CC1Cc2ncnc(N3CC(NSC4CC4)C3)c2CN1c1ccnc2[nH]ccc12. The summed E-state index contributed by atoms with van der Waals surface area (Å²) in [7, 11) is 0. The zero-order valence-electron chi connectivity index (χ0n) is 16.5. The van der Waals surface area contributed by atoms with Gasteiger partial charge in [-0.05, 0) is 31.9 Å². The van der Waals surface area contributed by atoms with Gasteiger partial charge in [-0.25, -0.2) is 15.0 Å². The van der Waals surface area contributed by atoms with Gasteiger partial charge >= 0.3 is 0 Å². The largest absolute Gasteiger partial charge is 0.363 e. The van der Waals surface area contributed by atoms with Crippen LogP contribution in [-0.2, 0) is 13.0 Å². The van der Waals surface area contributed by atoms with Crippen LogP contribution in [0.4, 0.5) is 11.5 Å². The van der Waals surface area contributed by atoms with E-state index in [-0.39, 0.29) is 0 Å². The Morgan fingerprint density at radius 2 is 2.07 bits per heavy atom. The molecule has 1 saturated heterocycles. The van der Waals surface area contributed by atoms with E-state index in [0.717, 1.165) is 42.8 Å². The second-order valence-corrected chi connectivity index (χ2v) is 9.55. The first-order valence-corrected chi connectivity index (χ1v) is 11.3. The number of hydrogen-bond donors (Lipinski definition) is 2. The van der Waals surface area contributed by atoms with Crippen LogP contribution in [0.1, 0.15) is 31.0 Å². The Bertz CT molecular complexity index is 1040. The molecule has 3 aromatic rings. The van der Waals surface area contributed by atoms with Crippen molar-refractivity contribution in [1.82, 2.24) is 24.7 Å². The molecular formula is C21H25N7S. The molecule has 2 fully saturated rings. The van der Waals surface area contributed by atoms with Crippen LogP contribution in [0.3, 0.4) is 0 Å². The van der Waals surface area contributed by atoms with E-state index in [4.69, 9.17) is 4.98 Å². The molecule has 6 rings (SSSR count). The quantitative estimate of drug-likeness (QED) is 0.630. The number of H-pyrrole nitrogens is 1. The van der Waals surface area contributed by atoms with Crippen molar-refractivity contribution in [2.45, 2.75) is 50.1 Å². The number of hydrogen-bond acceptors (Lipinski definition) is 7. The molecular weight excluding hydrogens is 382 g/mol. The van der Waals surface area contributed by atoms with Crippen molar-refractivity contribution in [3.8, 4) is 0 Å². The fourth-order valence-electron chi connectivity index (χ4n) is 4.39. The molecule has 5 heterocycles. The summed E-state index contributed by atoms with van der Waals surface area (Å²) in [5, 5.41) is 2.02. The van der Waals surface area contributed by atoms with Crippen molar-refractivity contribution < 1.29 is 0 Å². The van der Waals surface area contributed by atoms with Gasteiger partial charge in [0.15, 0.2) is 0 Å². The van der Waals surface area contributed by atoms with Gasteiger partial charge in [0.25, 0.3) is 0 Å². The van der Waals surface area contributed by atoms with Crippen LogP contribution in [-0.4, -0.2) is 50.4 Å². The third kappa shape index (κ3) is 3.14. The molecule has 0 bridgehead atoms. The highest BCUT2D eigenvalue weighted by Crippen LogP contribution is 2.37. The fraction of sp³-hybridized carbons (Fsp3) is 0.476. The van der Waals surface area contributed by atoms with E-state index in [2.05, 4.69) is 48.5 Å². The van der Waals surface area contributed by atoms with Gasteiger partial charge in [-0.3, -0.25) is 4.72 Å². The van der Waals surface area contributed by atoms with Crippen molar-refractivity contribution in [1.29, 1.82) is 0 Å². The maximum Gasteiger partial charge on any atom is 0.139 e. The number of nitrogens with zero attached hydrogens (tertiary/aromatic N) is 5. The average Bonchev–Trinajstić information content (AvgIpc) is 3.39. The number of fused-ring (bicyclic) bond motifs is 2. The molecule has 2 N–H and O–H groups in total. The van der Waals surface area contributed by atoms with Crippen LogP contribution in [0.25, 0.3) is 11.0 Å². The van der Waals surface area contributed by atoms with E-state index in [0.29, 0.717) is 12.1 Å². The first-order chi connectivity index (χ1) is 14.3. The topological polar surface area (TPSA) is 73.0 Å². The number of anilines is 2. The lowest BCUT2D eigenvalue weighted by Crippen LogP contribution is -2.57. The highest BCUT2D eigenvalue weighted by Gasteiger charge is 2.35. The minimum atomic E-state index is 0.381. The normalized spacial score (nSPS) is 22.0. The summed E-state index contributed by atoms with van der Waals surface area (Å²) in [4.78, 5) is 21.9. The zero-order valence-corrected chi connectivity index (χ0v) is 17.3. The van der Waals surface area contributed by atoms with Crippen molar-refractivity contribution >= 4 is 34.5 Å². The molecule has 1 atom stereocenters. The Morgan fingerprint density at radius 1 is 1.17 bits per heavy atom. The molecule has 2 aliphatic heterocycles. The summed E-state index contributed by atoms with van der Waals surface area (Å²) in [6.07, 6.45) is 9.27. The second kappa shape index (κ2) is 6.88. The molecule has 1 saturated carbocycles. The van der Waals surface area contributed by atoms with E-state index in [9.17, 15) is 0 Å². The summed E-state index contributed by atoms with van der Waals surface area (Å²) < 4.78 is 3.63. The van der Waals surface area contributed by atoms with Crippen LogP contribution in [0, 0.1) is 0 Å². The van der Waals surface area contributed by atoms with E-state index in [1.807, 2.05) is 24.3 Å². The maximum absolute atomic E-state index is 4.70. The van der Waals surface area contributed by atoms with Crippen molar-refractivity contribution in [3.05, 3.63) is 42.1 Å². The number of aromatic amines is 1. The molecule has 8 heteroatoms. The minimum absolute atomic E-state index is 0.381. The fourth-order valence-corrected chi connectivity index (χ4v) is 5.29. The lowest BCUT2D eigenvalue weighted by atomic mass is 9.97. The monoisotopic (exact) mass is 407 g/mol. The first-order valence-electron chi connectivity index (χ1n) is 10.4. The van der Waals surface area contributed by atoms with Gasteiger partial charge in [-0.2, -0.15) is 0 Å². The number of aromatic nitrogens is 4. The minimum Gasteiger partial charge on any atom is -0.363 e. The van der Waals surface area contributed by atoms with Gasteiger partial charge in [0.1, 0.15) is 17.8 Å². The Morgan fingerprint density at radius 3 is 2.93 bits per heavy atom. The molecule has 150 valence electrons. The number of pyridine rings is 1. The van der Waals surface area contributed by atoms with Gasteiger partial charge in [0.2, 0.25) is 0 Å². The zero-order chi connectivity index (χ0) is 19.4. The van der Waals surface area contributed by atoms with E-state index >= 15 is 0 Å². The molecule has 0 amide bonds. The highest BCUT2D eigenvalue weighted by atomic mass is 32.2. The molecule has 0 radical (unpaired) electrons. The van der Waals surface area contributed by atoms with Gasteiger partial charge in [-0.15, -0.1) is 0 Å². The summed E-state index contributed by atoms with van der Waals surface area (Å²) in [6, 6.07) is 5.18. The molecule has 0 spiro atoms. The Balaban J connectivity index is 1.26. The lowest BCUT2D eigenvalue weighted by molar-refractivity contribution is 0.482. The van der Waals surface area contributed by atoms with Gasteiger partial charge in [-0.1, -0.05) is 11.9 Å². The smallest absolute Gasteiger partial charge is 0.139 e. The summed E-state index contributed by atoms with van der Waals surface area (Å²) in [6.45, 7) is 5.16. The Hall–Kier alpha value is -2.32. The van der Waals surface area contributed by atoms with Crippen LogP contribution >= 0.6 is 11.9 Å². The third-order valence-corrected chi connectivity index (χ3v) is 7.49. The van der Waals surface area contributed by atoms with Crippen LogP contribution in [0.5, 0.6) is 0 Å². The van der Waals surface area contributed by atoms with Crippen LogP contribution in [0.2, 0.25) is 0 Å². The molecule has 3 aliphatic rings. The van der Waals surface area contributed by atoms with Crippen LogP contribution in [0.15, 0.2) is 30.9 Å². The van der Waals surface area contributed by atoms with E-state index < -0.39 is 0 Å². The third-order valence-electron chi connectivity index (χ3n) is 6.21. The predicted octanol–water partition coefficient (Wildman–Crippen LogP) is 2.89. The molecule has 3 aromatic heterocycles. The molecule has 0 aromatic carbocycles. The standard InChI is InChI=1S/C21H25N7S/c1-13-8-18-17(11-28(13)19-5-7-23-20-16(19)4-6-22-20)21(25-12-24-18)27-9-14(10-27)26-29-15-2-3-15/h4-7,12-15,26H,2-3,8-11H2,1H3,(H,22,23). The number of rotatable bonds is 5. The average molecular weight is 408 g/mol. The molecule has 29 heavy (non-hydrogen) atoms.